The Labute approximate surface area is 110 Å². The molecule has 96 valence electrons. The fourth-order valence-corrected chi connectivity index (χ4v) is 3.87. The van der Waals surface area contributed by atoms with E-state index in [1.54, 1.807) is 0 Å². The van der Waals surface area contributed by atoms with E-state index in [1.807, 2.05) is 18.0 Å². The van der Waals surface area contributed by atoms with E-state index in [4.69, 9.17) is 0 Å². The van der Waals surface area contributed by atoms with Crippen LogP contribution in [0.5, 0.6) is 0 Å². The fraction of sp³-hybridized carbons (Fsp3) is 0.800. The monoisotopic (exact) mass is 251 g/mol. The van der Waals surface area contributed by atoms with E-state index in [0.29, 0.717) is 5.25 Å². The first-order valence-electron chi connectivity index (χ1n) is 7.30. The third-order valence-electron chi connectivity index (χ3n) is 3.98. The van der Waals surface area contributed by atoms with Gasteiger partial charge in [-0.2, -0.15) is 0 Å². The Bertz CT molecular complexity index is 248. The van der Waals surface area contributed by atoms with E-state index in [2.05, 4.69) is 16.6 Å². The molecular weight excluding hydrogens is 226 g/mol. The van der Waals surface area contributed by atoms with Crippen molar-refractivity contribution < 1.29 is 0 Å². The van der Waals surface area contributed by atoms with Gasteiger partial charge in [-0.3, -0.25) is 4.99 Å². The molecule has 1 fully saturated rings. The Kier molecular flexibility index (Phi) is 6.18. The van der Waals surface area contributed by atoms with Crippen LogP contribution in [0, 0.1) is 5.92 Å². The zero-order valence-electron chi connectivity index (χ0n) is 10.8. The topological polar surface area (TPSA) is 12.4 Å². The molecule has 1 atom stereocenters. The van der Waals surface area contributed by atoms with Crippen molar-refractivity contribution in [1.29, 1.82) is 0 Å². The lowest BCUT2D eigenvalue weighted by atomic mass is 9.92. The first-order chi connectivity index (χ1) is 8.47. The zero-order chi connectivity index (χ0) is 11.8. The van der Waals surface area contributed by atoms with Crippen molar-refractivity contribution in [2.24, 2.45) is 10.9 Å². The maximum Gasteiger partial charge on any atom is 0.0470 e. The Morgan fingerprint density at radius 2 is 1.41 bits per heavy atom. The summed E-state index contributed by atoms with van der Waals surface area (Å²) in [7, 11) is 0. The minimum absolute atomic E-state index is 0.653. The number of aliphatic imine (C=N–C) groups is 1. The molecule has 0 amide bonds. The van der Waals surface area contributed by atoms with Gasteiger partial charge < -0.3 is 0 Å². The second-order valence-corrected chi connectivity index (χ2v) is 6.44. The van der Waals surface area contributed by atoms with Gasteiger partial charge in [0, 0.05) is 17.7 Å². The molecule has 0 bridgehead atoms. The number of thioether (sulfide) groups is 1. The highest BCUT2D eigenvalue weighted by Crippen LogP contribution is 2.31. The second kappa shape index (κ2) is 7.97. The number of hydrogen-bond donors (Lipinski definition) is 0. The molecule has 0 aromatic rings. The van der Waals surface area contributed by atoms with Crippen LogP contribution in [0.3, 0.4) is 0 Å². The summed E-state index contributed by atoms with van der Waals surface area (Å²) in [5.41, 5.74) is 0. The molecule has 1 saturated carbocycles. The quantitative estimate of drug-likeness (QED) is 0.626. The van der Waals surface area contributed by atoms with Crippen molar-refractivity contribution in [3.05, 3.63) is 11.6 Å². The molecule has 1 heterocycles. The predicted octanol–water partition coefficient (Wildman–Crippen LogP) is 5.17. The van der Waals surface area contributed by atoms with Gasteiger partial charge in [-0.25, -0.2) is 0 Å². The molecule has 1 nitrogen and oxygen atoms in total. The van der Waals surface area contributed by atoms with Crippen LogP contribution in [0.2, 0.25) is 0 Å². The Morgan fingerprint density at radius 1 is 0.824 bits per heavy atom. The van der Waals surface area contributed by atoms with Gasteiger partial charge in [-0.05, 0) is 24.2 Å². The fourth-order valence-electron chi connectivity index (χ4n) is 2.91. The van der Waals surface area contributed by atoms with Crippen molar-refractivity contribution >= 4 is 18.0 Å². The van der Waals surface area contributed by atoms with Crippen molar-refractivity contribution in [3.63, 3.8) is 0 Å². The highest BCUT2D eigenvalue weighted by Gasteiger charge is 2.20. The summed E-state index contributed by atoms with van der Waals surface area (Å²) < 4.78 is 0. The van der Waals surface area contributed by atoms with Crippen LogP contribution < -0.4 is 0 Å². The minimum atomic E-state index is 0.653. The molecule has 1 unspecified atom stereocenters. The maximum absolute atomic E-state index is 4.32. The average molecular weight is 251 g/mol. The van der Waals surface area contributed by atoms with Crippen LogP contribution in [-0.4, -0.2) is 11.5 Å². The lowest BCUT2D eigenvalue weighted by molar-refractivity contribution is 0.435. The van der Waals surface area contributed by atoms with Gasteiger partial charge in [0.15, 0.2) is 0 Å². The Hall–Kier alpha value is -0.240. The lowest BCUT2D eigenvalue weighted by Crippen LogP contribution is -2.19. The van der Waals surface area contributed by atoms with Crippen LogP contribution >= 0.6 is 11.8 Å². The van der Waals surface area contributed by atoms with Crippen LogP contribution in [0.15, 0.2) is 16.6 Å². The van der Waals surface area contributed by atoms with Gasteiger partial charge in [-0.1, -0.05) is 51.4 Å². The molecule has 0 N–H and O–H groups in total. The van der Waals surface area contributed by atoms with Crippen LogP contribution in [0.25, 0.3) is 0 Å². The van der Waals surface area contributed by atoms with Gasteiger partial charge >= 0.3 is 0 Å². The van der Waals surface area contributed by atoms with Crippen molar-refractivity contribution in [3.8, 4) is 0 Å². The molecule has 2 rings (SSSR count). The molecule has 0 saturated heterocycles. The van der Waals surface area contributed by atoms with E-state index in [-0.39, 0.29) is 0 Å². The first kappa shape index (κ1) is 13.2. The lowest BCUT2D eigenvalue weighted by Gasteiger charge is -2.23. The summed E-state index contributed by atoms with van der Waals surface area (Å²) in [5, 5.41) is 2.82. The first-order valence-corrected chi connectivity index (χ1v) is 8.25. The predicted molar refractivity (Wildman–Crippen MR) is 78.7 cm³/mol. The summed E-state index contributed by atoms with van der Waals surface area (Å²) in [6.07, 6.45) is 18.5. The van der Waals surface area contributed by atoms with E-state index in [9.17, 15) is 0 Å². The van der Waals surface area contributed by atoms with Crippen LogP contribution in [-0.2, 0) is 0 Å². The normalized spacial score (nSPS) is 28.8. The van der Waals surface area contributed by atoms with E-state index in [0.717, 1.165) is 5.92 Å². The Morgan fingerprint density at radius 3 is 1.94 bits per heavy atom. The van der Waals surface area contributed by atoms with Crippen molar-refractivity contribution in [2.45, 2.75) is 69.5 Å². The molecule has 2 aliphatic rings. The van der Waals surface area contributed by atoms with Crippen LogP contribution in [0.1, 0.15) is 64.2 Å². The summed E-state index contributed by atoms with van der Waals surface area (Å²) in [4.78, 5) is 4.32. The van der Waals surface area contributed by atoms with E-state index in [1.165, 1.54) is 64.2 Å². The average Bonchev–Trinajstić information content (AvgIpc) is 2.45. The standard InChI is InChI=1S/C15H25NS/c1-2-4-6-8-10-14(9-7-5-3-1)15-13-16-11-12-17-15/h11-15H,1-10H2. The summed E-state index contributed by atoms with van der Waals surface area (Å²) in [5.74, 6) is 0.867. The van der Waals surface area contributed by atoms with Gasteiger partial charge in [0.05, 0.1) is 0 Å². The summed E-state index contributed by atoms with van der Waals surface area (Å²) in [6.45, 7) is 0. The molecule has 0 aromatic heterocycles. The second-order valence-electron chi connectivity index (χ2n) is 5.35. The zero-order valence-corrected chi connectivity index (χ0v) is 11.6. The molecule has 0 radical (unpaired) electrons. The van der Waals surface area contributed by atoms with Crippen molar-refractivity contribution in [2.75, 3.05) is 0 Å². The van der Waals surface area contributed by atoms with Gasteiger partial charge in [0.2, 0.25) is 0 Å². The SMILES string of the molecule is C1=CSC(C2CCCCCCCCCC2)C=N1. The van der Waals surface area contributed by atoms with Gasteiger partial charge in [-0.15, -0.1) is 11.8 Å². The van der Waals surface area contributed by atoms with E-state index < -0.39 is 0 Å². The van der Waals surface area contributed by atoms with Crippen LogP contribution in [0.4, 0.5) is 0 Å². The highest BCUT2D eigenvalue weighted by atomic mass is 32.2. The molecule has 1 aliphatic heterocycles. The van der Waals surface area contributed by atoms with Gasteiger partial charge in [0.1, 0.15) is 0 Å². The molecule has 17 heavy (non-hydrogen) atoms. The highest BCUT2D eigenvalue weighted by molar-refractivity contribution is 8.03. The molecule has 2 heteroatoms. The molecular formula is C15H25NS. The van der Waals surface area contributed by atoms with Gasteiger partial charge in [0.25, 0.3) is 0 Å². The van der Waals surface area contributed by atoms with Crippen molar-refractivity contribution in [1.82, 2.24) is 0 Å². The molecule has 0 spiro atoms. The number of rotatable bonds is 1. The summed E-state index contributed by atoms with van der Waals surface area (Å²) >= 11 is 1.97. The third kappa shape index (κ3) is 4.87. The number of hydrogen-bond acceptors (Lipinski definition) is 2. The maximum atomic E-state index is 4.32. The summed E-state index contributed by atoms with van der Waals surface area (Å²) in [6, 6.07) is 0. The third-order valence-corrected chi connectivity index (χ3v) is 5.08. The smallest absolute Gasteiger partial charge is 0.0470 e. The minimum Gasteiger partial charge on any atom is -0.267 e. The molecule has 1 aliphatic carbocycles. The Balaban J connectivity index is 1.83. The van der Waals surface area contributed by atoms with E-state index >= 15 is 0 Å². The largest absolute Gasteiger partial charge is 0.267 e. The number of nitrogens with zero attached hydrogens (tertiary/aromatic N) is 1. The molecule has 0 aromatic carbocycles.